The van der Waals surface area contributed by atoms with Crippen molar-refractivity contribution in [1.29, 1.82) is 0 Å². The summed E-state index contributed by atoms with van der Waals surface area (Å²) in [7, 11) is 0. The van der Waals surface area contributed by atoms with Crippen LogP contribution < -0.4 is 10.6 Å². The molecule has 3 nitrogen and oxygen atoms in total. The number of rotatable bonds is 4. The van der Waals surface area contributed by atoms with Crippen molar-refractivity contribution < 1.29 is 4.79 Å². The molecule has 4 heteroatoms. The van der Waals surface area contributed by atoms with Gasteiger partial charge in [-0.15, -0.1) is 0 Å². The van der Waals surface area contributed by atoms with Crippen LogP contribution in [0, 0.1) is 6.92 Å². The Hall–Kier alpha value is -1.06. The molecule has 1 aromatic rings. The van der Waals surface area contributed by atoms with E-state index in [2.05, 4.69) is 10.6 Å². The molecule has 1 amide bonds. The van der Waals surface area contributed by atoms with Crippen LogP contribution in [-0.2, 0) is 4.79 Å². The summed E-state index contributed by atoms with van der Waals surface area (Å²) in [6.45, 7) is 3.03. The quantitative estimate of drug-likeness (QED) is 0.879. The summed E-state index contributed by atoms with van der Waals surface area (Å²) < 4.78 is 0. The molecule has 98 valence electrons. The molecule has 2 rings (SSSR count). The van der Waals surface area contributed by atoms with Crippen LogP contribution in [0.3, 0.4) is 0 Å². The van der Waals surface area contributed by atoms with Crippen molar-refractivity contribution in [3.8, 4) is 0 Å². The molecule has 0 spiro atoms. The van der Waals surface area contributed by atoms with Crippen LogP contribution in [0.1, 0.15) is 31.2 Å². The van der Waals surface area contributed by atoms with Gasteiger partial charge in [-0.05, 0) is 56.5 Å². The van der Waals surface area contributed by atoms with E-state index in [1.54, 1.807) is 6.07 Å². The number of halogens is 1. The molecule has 1 unspecified atom stereocenters. The van der Waals surface area contributed by atoms with Crippen LogP contribution in [0.5, 0.6) is 0 Å². The van der Waals surface area contributed by atoms with Gasteiger partial charge in [0.25, 0.3) is 0 Å². The summed E-state index contributed by atoms with van der Waals surface area (Å²) in [5, 5.41) is 7.03. The first-order chi connectivity index (χ1) is 8.65. The molecule has 18 heavy (non-hydrogen) atoms. The van der Waals surface area contributed by atoms with Gasteiger partial charge in [0, 0.05) is 23.2 Å². The average Bonchev–Trinajstić information content (AvgIpc) is 2.83. The second-order valence-electron chi connectivity index (χ2n) is 4.84. The molecule has 1 saturated heterocycles. The van der Waals surface area contributed by atoms with Gasteiger partial charge in [0.1, 0.15) is 0 Å². The molecule has 0 aromatic heterocycles. The second kappa shape index (κ2) is 6.21. The Morgan fingerprint density at radius 3 is 3.06 bits per heavy atom. The van der Waals surface area contributed by atoms with Gasteiger partial charge < -0.3 is 10.6 Å². The van der Waals surface area contributed by atoms with Crippen LogP contribution >= 0.6 is 11.6 Å². The molecule has 0 radical (unpaired) electrons. The van der Waals surface area contributed by atoms with Crippen molar-refractivity contribution in [3.05, 3.63) is 28.8 Å². The Morgan fingerprint density at radius 2 is 2.39 bits per heavy atom. The van der Waals surface area contributed by atoms with Gasteiger partial charge in [0.05, 0.1) is 0 Å². The number of carbonyl (C=O) groups excluding carboxylic acids is 1. The maximum absolute atomic E-state index is 11.8. The Balaban J connectivity index is 1.82. The lowest BCUT2D eigenvalue weighted by Gasteiger charge is -2.11. The highest BCUT2D eigenvalue weighted by Crippen LogP contribution is 2.20. The molecule has 1 heterocycles. The second-order valence-corrected chi connectivity index (χ2v) is 5.28. The van der Waals surface area contributed by atoms with Crippen LogP contribution in [0.2, 0.25) is 5.02 Å². The number of carbonyl (C=O) groups is 1. The molecular formula is C14H19ClN2O. The first-order valence-corrected chi connectivity index (χ1v) is 6.82. The number of anilines is 1. The molecule has 0 bridgehead atoms. The fourth-order valence-corrected chi connectivity index (χ4v) is 2.52. The summed E-state index contributed by atoms with van der Waals surface area (Å²) in [6.07, 6.45) is 3.90. The fourth-order valence-electron chi connectivity index (χ4n) is 2.29. The molecular weight excluding hydrogens is 248 g/mol. The average molecular weight is 267 g/mol. The van der Waals surface area contributed by atoms with Gasteiger partial charge in [0.2, 0.25) is 5.91 Å². The van der Waals surface area contributed by atoms with Gasteiger partial charge in [-0.3, -0.25) is 4.79 Å². The number of benzene rings is 1. The zero-order valence-electron chi connectivity index (χ0n) is 10.6. The zero-order chi connectivity index (χ0) is 13.0. The van der Waals surface area contributed by atoms with Crippen molar-refractivity contribution in [3.63, 3.8) is 0 Å². The van der Waals surface area contributed by atoms with Crippen LogP contribution in [0.25, 0.3) is 0 Å². The molecule has 0 saturated carbocycles. The minimum Gasteiger partial charge on any atom is -0.326 e. The third-order valence-corrected chi connectivity index (χ3v) is 3.58. The van der Waals surface area contributed by atoms with E-state index in [9.17, 15) is 4.79 Å². The SMILES string of the molecule is Cc1cc(Cl)ccc1NC(=O)CCC1CCCN1. The summed E-state index contributed by atoms with van der Waals surface area (Å²) in [4.78, 5) is 11.8. The van der Waals surface area contributed by atoms with Gasteiger partial charge in [-0.2, -0.15) is 0 Å². The van der Waals surface area contributed by atoms with Crippen molar-refractivity contribution in [2.75, 3.05) is 11.9 Å². The lowest BCUT2D eigenvalue weighted by Crippen LogP contribution is -2.23. The highest BCUT2D eigenvalue weighted by molar-refractivity contribution is 6.30. The molecule has 1 fully saturated rings. The monoisotopic (exact) mass is 266 g/mol. The third kappa shape index (κ3) is 3.72. The van der Waals surface area contributed by atoms with Crippen molar-refractivity contribution in [1.82, 2.24) is 5.32 Å². The van der Waals surface area contributed by atoms with E-state index >= 15 is 0 Å². The summed E-state index contributed by atoms with van der Waals surface area (Å²) in [5.74, 6) is 0.0779. The minimum absolute atomic E-state index is 0.0779. The Kier molecular flexibility index (Phi) is 4.61. The van der Waals surface area contributed by atoms with E-state index in [1.807, 2.05) is 19.1 Å². The molecule has 1 atom stereocenters. The first-order valence-electron chi connectivity index (χ1n) is 6.44. The predicted molar refractivity (Wildman–Crippen MR) is 75.1 cm³/mol. The van der Waals surface area contributed by atoms with Crippen LogP contribution in [0.4, 0.5) is 5.69 Å². The van der Waals surface area contributed by atoms with Gasteiger partial charge in [-0.1, -0.05) is 11.6 Å². The van der Waals surface area contributed by atoms with Crippen molar-refractivity contribution >= 4 is 23.2 Å². The number of hydrogen-bond acceptors (Lipinski definition) is 2. The molecule has 2 N–H and O–H groups in total. The number of aryl methyl sites for hydroxylation is 1. The van der Waals surface area contributed by atoms with Gasteiger partial charge in [0.15, 0.2) is 0 Å². The van der Waals surface area contributed by atoms with Gasteiger partial charge >= 0.3 is 0 Å². The molecule has 1 aliphatic heterocycles. The highest BCUT2D eigenvalue weighted by atomic mass is 35.5. The first kappa shape index (κ1) is 13.4. The van der Waals surface area contributed by atoms with E-state index in [0.717, 1.165) is 24.2 Å². The summed E-state index contributed by atoms with van der Waals surface area (Å²) in [6, 6.07) is 6.02. The Labute approximate surface area is 113 Å². The zero-order valence-corrected chi connectivity index (χ0v) is 11.4. The Bertz CT molecular complexity index is 428. The predicted octanol–water partition coefficient (Wildman–Crippen LogP) is 3.12. The van der Waals surface area contributed by atoms with E-state index in [0.29, 0.717) is 17.5 Å². The Morgan fingerprint density at radius 1 is 1.56 bits per heavy atom. The van der Waals surface area contributed by atoms with E-state index in [1.165, 1.54) is 12.8 Å². The highest BCUT2D eigenvalue weighted by Gasteiger charge is 2.15. The van der Waals surface area contributed by atoms with Gasteiger partial charge in [-0.25, -0.2) is 0 Å². The lowest BCUT2D eigenvalue weighted by atomic mass is 10.1. The smallest absolute Gasteiger partial charge is 0.224 e. The van der Waals surface area contributed by atoms with Crippen LogP contribution in [0.15, 0.2) is 18.2 Å². The van der Waals surface area contributed by atoms with Crippen LogP contribution in [-0.4, -0.2) is 18.5 Å². The van der Waals surface area contributed by atoms with E-state index < -0.39 is 0 Å². The lowest BCUT2D eigenvalue weighted by molar-refractivity contribution is -0.116. The van der Waals surface area contributed by atoms with E-state index in [-0.39, 0.29) is 5.91 Å². The molecule has 0 aliphatic carbocycles. The topological polar surface area (TPSA) is 41.1 Å². The van der Waals surface area contributed by atoms with Crippen molar-refractivity contribution in [2.24, 2.45) is 0 Å². The number of nitrogens with one attached hydrogen (secondary N) is 2. The standard InChI is InChI=1S/C14H19ClN2O/c1-10-9-11(15)4-6-13(10)17-14(18)7-5-12-3-2-8-16-12/h4,6,9,12,16H,2-3,5,7-8H2,1H3,(H,17,18). The maximum Gasteiger partial charge on any atom is 0.224 e. The largest absolute Gasteiger partial charge is 0.326 e. The normalized spacial score (nSPS) is 18.9. The van der Waals surface area contributed by atoms with Crippen molar-refractivity contribution in [2.45, 2.75) is 38.6 Å². The summed E-state index contributed by atoms with van der Waals surface area (Å²) >= 11 is 5.88. The maximum atomic E-state index is 11.8. The summed E-state index contributed by atoms with van der Waals surface area (Å²) in [5.41, 5.74) is 1.85. The third-order valence-electron chi connectivity index (χ3n) is 3.34. The molecule has 1 aliphatic rings. The number of hydrogen-bond donors (Lipinski definition) is 2. The number of amides is 1. The van der Waals surface area contributed by atoms with E-state index in [4.69, 9.17) is 11.6 Å². The fraction of sp³-hybridized carbons (Fsp3) is 0.500. The molecule has 1 aromatic carbocycles. The minimum atomic E-state index is 0.0779.